The van der Waals surface area contributed by atoms with Crippen LogP contribution in [0.2, 0.25) is 0 Å². The van der Waals surface area contributed by atoms with Gasteiger partial charge in [-0.2, -0.15) is 0 Å². The molecule has 20 heavy (non-hydrogen) atoms. The maximum absolute atomic E-state index is 12.0. The normalized spacial score (nSPS) is 18.1. The molecule has 1 aliphatic rings. The molecule has 3 N–H and O–H groups in total. The summed E-state index contributed by atoms with van der Waals surface area (Å²) in [5.41, 5.74) is 5.95. The Morgan fingerprint density at radius 2 is 2.05 bits per heavy atom. The van der Waals surface area contributed by atoms with E-state index in [2.05, 4.69) is 4.72 Å². The summed E-state index contributed by atoms with van der Waals surface area (Å²) in [5.74, 6) is 0.546. The van der Waals surface area contributed by atoms with Crippen molar-refractivity contribution < 1.29 is 13.2 Å². The van der Waals surface area contributed by atoms with Gasteiger partial charge in [-0.15, -0.1) is 0 Å². The van der Waals surface area contributed by atoms with Crippen molar-refractivity contribution >= 4 is 15.7 Å². The number of ether oxygens (including phenoxy) is 1. The lowest BCUT2D eigenvalue weighted by molar-refractivity contribution is 0.338. The molecule has 112 valence electrons. The molecule has 0 saturated heterocycles. The van der Waals surface area contributed by atoms with E-state index < -0.39 is 10.0 Å². The highest BCUT2D eigenvalue weighted by Gasteiger charge is 2.32. The first-order valence-electron chi connectivity index (χ1n) is 6.89. The Labute approximate surface area is 120 Å². The lowest BCUT2D eigenvalue weighted by Crippen LogP contribution is -2.45. The molecule has 1 aromatic carbocycles. The predicted octanol–water partition coefficient (Wildman–Crippen LogP) is 1.90. The van der Waals surface area contributed by atoms with Gasteiger partial charge in [0.25, 0.3) is 0 Å². The van der Waals surface area contributed by atoms with E-state index in [0.29, 0.717) is 11.4 Å². The molecule has 0 spiro atoms. The second-order valence-corrected chi connectivity index (χ2v) is 7.45. The fourth-order valence-corrected chi connectivity index (χ4v) is 3.92. The standard InChI is InChI=1S/C14H22N2O3S/c1-14(7-2-3-8-14)16-20(17,18)10-9-19-13-6-4-5-12(15)11-13/h4-6,11,16H,2-3,7-10,15H2,1H3. The molecule has 1 saturated carbocycles. The van der Waals surface area contributed by atoms with E-state index >= 15 is 0 Å². The maximum Gasteiger partial charge on any atom is 0.215 e. The smallest absolute Gasteiger partial charge is 0.215 e. The van der Waals surface area contributed by atoms with Crippen LogP contribution in [0, 0.1) is 0 Å². The number of sulfonamides is 1. The van der Waals surface area contributed by atoms with Crippen LogP contribution < -0.4 is 15.2 Å². The van der Waals surface area contributed by atoms with Crippen LogP contribution >= 0.6 is 0 Å². The predicted molar refractivity (Wildman–Crippen MR) is 80.1 cm³/mol. The first-order valence-corrected chi connectivity index (χ1v) is 8.54. The first-order chi connectivity index (χ1) is 9.39. The van der Waals surface area contributed by atoms with Gasteiger partial charge in [0.2, 0.25) is 10.0 Å². The minimum absolute atomic E-state index is 0.0443. The average molecular weight is 298 g/mol. The van der Waals surface area contributed by atoms with Crippen molar-refractivity contribution in [3.8, 4) is 5.75 Å². The summed E-state index contributed by atoms with van der Waals surface area (Å²) in [6, 6.07) is 6.97. The van der Waals surface area contributed by atoms with Crippen molar-refractivity contribution in [2.75, 3.05) is 18.1 Å². The van der Waals surface area contributed by atoms with Crippen molar-refractivity contribution in [2.45, 2.75) is 38.1 Å². The summed E-state index contributed by atoms with van der Waals surface area (Å²) in [7, 11) is -3.31. The van der Waals surface area contributed by atoms with Crippen LogP contribution in [0.3, 0.4) is 0 Å². The lowest BCUT2D eigenvalue weighted by Gasteiger charge is -2.24. The van der Waals surface area contributed by atoms with Gasteiger partial charge in [-0.05, 0) is 31.9 Å². The summed E-state index contributed by atoms with van der Waals surface area (Å²) in [4.78, 5) is 0. The molecule has 6 heteroatoms. The molecule has 1 aromatic rings. The van der Waals surface area contributed by atoms with Gasteiger partial charge in [-0.1, -0.05) is 18.9 Å². The average Bonchev–Trinajstić information content (AvgIpc) is 2.74. The fourth-order valence-electron chi connectivity index (χ4n) is 2.56. The molecular weight excluding hydrogens is 276 g/mol. The summed E-state index contributed by atoms with van der Waals surface area (Å²) < 4.78 is 32.3. The van der Waals surface area contributed by atoms with Crippen LogP contribution in [-0.4, -0.2) is 26.3 Å². The second-order valence-electron chi connectivity index (χ2n) is 5.61. The Balaban J connectivity index is 1.83. The molecule has 0 radical (unpaired) electrons. The van der Waals surface area contributed by atoms with Crippen LogP contribution in [0.15, 0.2) is 24.3 Å². The van der Waals surface area contributed by atoms with Gasteiger partial charge in [0.05, 0.1) is 5.75 Å². The summed E-state index contributed by atoms with van der Waals surface area (Å²) in [5, 5.41) is 0. The minimum Gasteiger partial charge on any atom is -0.492 e. The summed E-state index contributed by atoms with van der Waals surface area (Å²) in [6.07, 6.45) is 3.97. The topological polar surface area (TPSA) is 81.4 Å². The molecule has 0 aliphatic heterocycles. The van der Waals surface area contributed by atoms with Gasteiger partial charge in [-0.25, -0.2) is 13.1 Å². The molecule has 0 heterocycles. The highest BCUT2D eigenvalue weighted by atomic mass is 32.2. The molecule has 1 fully saturated rings. The van der Waals surface area contributed by atoms with E-state index in [1.165, 1.54) is 0 Å². The molecule has 5 nitrogen and oxygen atoms in total. The molecule has 0 bridgehead atoms. The van der Waals surface area contributed by atoms with Crippen molar-refractivity contribution in [1.29, 1.82) is 0 Å². The number of anilines is 1. The number of benzene rings is 1. The Hall–Kier alpha value is -1.27. The van der Waals surface area contributed by atoms with Crippen LogP contribution in [0.4, 0.5) is 5.69 Å². The highest BCUT2D eigenvalue weighted by molar-refractivity contribution is 7.89. The van der Waals surface area contributed by atoms with Crippen molar-refractivity contribution in [2.24, 2.45) is 0 Å². The molecule has 1 aliphatic carbocycles. The van der Waals surface area contributed by atoms with Crippen molar-refractivity contribution in [1.82, 2.24) is 4.72 Å². The Morgan fingerprint density at radius 1 is 1.35 bits per heavy atom. The van der Waals surface area contributed by atoms with Crippen molar-refractivity contribution in [3.05, 3.63) is 24.3 Å². The molecule has 0 atom stereocenters. The van der Waals surface area contributed by atoms with E-state index in [4.69, 9.17) is 10.5 Å². The minimum atomic E-state index is -3.31. The summed E-state index contributed by atoms with van der Waals surface area (Å²) in [6.45, 7) is 2.09. The van der Waals surface area contributed by atoms with Gasteiger partial charge in [0.1, 0.15) is 12.4 Å². The molecule has 2 rings (SSSR count). The zero-order valence-electron chi connectivity index (χ0n) is 11.8. The Kier molecular flexibility index (Phi) is 4.55. The van der Waals surface area contributed by atoms with Gasteiger partial charge in [-0.3, -0.25) is 0 Å². The molecule has 0 aromatic heterocycles. The highest BCUT2D eigenvalue weighted by Crippen LogP contribution is 2.29. The van der Waals surface area contributed by atoms with Crippen LogP contribution in [0.5, 0.6) is 5.75 Å². The lowest BCUT2D eigenvalue weighted by atomic mass is 10.0. The fraction of sp³-hybridized carbons (Fsp3) is 0.571. The third kappa shape index (κ3) is 4.38. The Morgan fingerprint density at radius 3 is 2.70 bits per heavy atom. The van der Waals surface area contributed by atoms with Gasteiger partial charge in [0.15, 0.2) is 0 Å². The second kappa shape index (κ2) is 6.01. The molecular formula is C14H22N2O3S. The van der Waals surface area contributed by atoms with E-state index in [-0.39, 0.29) is 17.9 Å². The van der Waals surface area contributed by atoms with E-state index in [1.807, 2.05) is 6.92 Å². The third-order valence-corrected chi connectivity index (χ3v) is 5.10. The number of nitrogens with two attached hydrogens (primary N) is 1. The monoisotopic (exact) mass is 298 g/mol. The molecule has 0 unspecified atom stereocenters. The number of nitrogens with one attached hydrogen (secondary N) is 1. The summed E-state index contributed by atoms with van der Waals surface area (Å²) >= 11 is 0. The SMILES string of the molecule is CC1(NS(=O)(=O)CCOc2cccc(N)c2)CCCC1. The van der Waals surface area contributed by atoms with Crippen LogP contribution in [0.1, 0.15) is 32.6 Å². The van der Waals surface area contributed by atoms with Gasteiger partial charge >= 0.3 is 0 Å². The number of hydrogen-bond acceptors (Lipinski definition) is 4. The zero-order valence-corrected chi connectivity index (χ0v) is 12.6. The largest absolute Gasteiger partial charge is 0.492 e. The molecule has 0 amide bonds. The number of nitrogen functional groups attached to an aromatic ring is 1. The van der Waals surface area contributed by atoms with E-state index in [0.717, 1.165) is 25.7 Å². The van der Waals surface area contributed by atoms with Crippen LogP contribution in [0.25, 0.3) is 0 Å². The van der Waals surface area contributed by atoms with Crippen LogP contribution in [-0.2, 0) is 10.0 Å². The van der Waals surface area contributed by atoms with Gasteiger partial charge in [0, 0.05) is 17.3 Å². The first kappa shape index (κ1) is 15.1. The zero-order chi connectivity index (χ0) is 14.6. The third-order valence-electron chi connectivity index (χ3n) is 3.59. The van der Waals surface area contributed by atoms with E-state index in [1.54, 1.807) is 24.3 Å². The van der Waals surface area contributed by atoms with E-state index in [9.17, 15) is 8.42 Å². The number of rotatable bonds is 6. The maximum atomic E-state index is 12.0. The quantitative estimate of drug-likeness (QED) is 0.786. The van der Waals surface area contributed by atoms with Crippen molar-refractivity contribution in [3.63, 3.8) is 0 Å². The van der Waals surface area contributed by atoms with Gasteiger partial charge < -0.3 is 10.5 Å². The Bertz CT molecular complexity index is 551. The number of hydrogen-bond donors (Lipinski definition) is 2.